The highest BCUT2D eigenvalue weighted by Gasteiger charge is 2.23. The molecule has 1 heterocycles. The Balaban J connectivity index is 2.00. The first-order valence-electron chi connectivity index (χ1n) is 7.90. The first kappa shape index (κ1) is 17.8. The summed E-state index contributed by atoms with van der Waals surface area (Å²) in [7, 11) is 0. The van der Waals surface area contributed by atoms with Gasteiger partial charge in [0, 0.05) is 24.4 Å². The number of benzene rings is 1. The smallest absolute Gasteiger partial charge is 0.251 e. The molecule has 2 amide bonds. The van der Waals surface area contributed by atoms with Crippen LogP contribution in [0.25, 0.3) is 0 Å². The summed E-state index contributed by atoms with van der Waals surface area (Å²) < 4.78 is 13.6. The van der Waals surface area contributed by atoms with E-state index in [1.54, 1.807) is 17.9 Å². The summed E-state index contributed by atoms with van der Waals surface area (Å²) in [6.45, 7) is 3.21. The maximum absolute atomic E-state index is 13.6. The zero-order valence-electron chi connectivity index (χ0n) is 13.6. The number of rotatable bonds is 5. The monoisotopic (exact) mass is 338 g/mol. The summed E-state index contributed by atoms with van der Waals surface area (Å²) in [5.41, 5.74) is 0.883. The number of piperidine rings is 1. The van der Waals surface area contributed by atoms with E-state index in [-0.39, 0.29) is 17.6 Å². The van der Waals surface area contributed by atoms with Crippen molar-refractivity contribution < 1.29 is 14.0 Å². The zero-order chi connectivity index (χ0) is 16.8. The molecule has 0 aliphatic carbocycles. The number of hydrogen-bond acceptors (Lipinski definition) is 3. The summed E-state index contributed by atoms with van der Waals surface area (Å²) in [4.78, 5) is 26.4. The van der Waals surface area contributed by atoms with E-state index in [1.807, 2.05) is 6.26 Å². The van der Waals surface area contributed by atoms with E-state index >= 15 is 0 Å². The second kappa shape index (κ2) is 8.34. The van der Waals surface area contributed by atoms with Gasteiger partial charge in [0.15, 0.2) is 0 Å². The fourth-order valence-electron chi connectivity index (χ4n) is 2.71. The van der Waals surface area contributed by atoms with Gasteiger partial charge in [-0.1, -0.05) is 0 Å². The van der Waals surface area contributed by atoms with Crippen molar-refractivity contribution in [2.45, 2.75) is 38.0 Å². The second-order valence-corrected chi connectivity index (χ2v) is 6.69. The van der Waals surface area contributed by atoms with Crippen LogP contribution in [0.1, 0.15) is 42.1 Å². The molecule has 1 aromatic rings. The number of nitrogens with one attached hydrogen (secondary N) is 1. The van der Waals surface area contributed by atoms with Crippen molar-refractivity contribution in [1.29, 1.82) is 0 Å². The molecule has 1 aliphatic heterocycles. The lowest BCUT2D eigenvalue weighted by atomic mass is 10.1. The van der Waals surface area contributed by atoms with Gasteiger partial charge in [-0.05, 0) is 56.2 Å². The predicted octanol–water partition coefficient (Wildman–Crippen LogP) is 2.82. The first-order chi connectivity index (χ1) is 11.0. The van der Waals surface area contributed by atoms with E-state index < -0.39 is 6.04 Å². The minimum absolute atomic E-state index is 0.0514. The van der Waals surface area contributed by atoms with Crippen LogP contribution in [0, 0.1) is 5.82 Å². The molecule has 23 heavy (non-hydrogen) atoms. The molecule has 1 N–H and O–H groups in total. The number of halogens is 1. The molecule has 0 radical (unpaired) electrons. The molecule has 1 aliphatic rings. The van der Waals surface area contributed by atoms with Crippen molar-refractivity contribution in [2.75, 3.05) is 19.3 Å². The van der Waals surface area contributed by atoms with Crippen LogP contribution in [0.15, 0.2) is 18.2 Å². The molecule has 1 saturated heterocycles. The summed E-state index contributed by atoms with van der Waals surface area (Å²) in [5.74, 6) is -0.196. The minimum atomic E-state index is -0.574. The van der Waals surface area contributed by atoms with Crippen LogP contribution in [0.2, 0.25) is 0 Å². The van der Waals surface area contributed by atoms with Crippen LogP contribution in [-0.2, 0) is 10.5 Å². The van der Waals surface area contributed by atoms with E-state index in [0.717, 1.165) is 32.4 Å². The number of nitrogens with zero attached hydrogens (tertiary/aromatic N) is 1. The SMILES string of the molecule is CSCc1cc(C(=O)N[C@@H](C)C(=O)N2CCCCC2)ccc1F. The Morgan fingerprint density at radius 3 is 2.65 bits per heavy atom. The molecule has 2 rings (SSSR count). The van der Waals surface area contributed by atoms with Crippen LogP contribution >= 0.6 is 11.8 Å². The van der Waals surface area contributed by atoms with Gasteiger partial charge in [0.1, 0.15) is 11.9 Å². The summed E-state index contributed by atoms with van der Waals surface area (Å²) in [5, 5.41) is 2.72. The van der Waals surface area contributed by atoms with Crippen LogP contribution in [-0.4, -0.2) is 42.1 Å². The number of likely N-dealkylation sites (tertiary alicyclic amines) is 1. The lowest BCUT2D eigenvalue weighted by Crippen LogP contribution is -2.48. The molecular formula is C17H23FN2O2S. The third-order valence-corrected chi connectivity index (χ3v) is 4.59. The van der Waals surface area contributed by atoms with Crippen molar-refractivity contribution in [3.63, 3.8) is 0 Å². The van der Waals surface area contributed by atoms with E-state index in [4.69, 9.17) is 0 Å². The van der Waals surface area contributed by atoms with E-state index in [9.17, 15) is 14.0 Å². The third-order valence-electron chi connectivity index (χ3n) is 3.99. The Hall–Kier alpha value is -1.56. The highest BCUT2D eigenvalue weighted by Crippen LogP contribution is 2.16. The molecule has 6 heteroatoms. The van der Waals surface area contributed by atoms with Crippen LogP contribution in [0.5, 0.6) is 0 Å². The average molecular weight is 338 g/mol. The first-order valence-corrected chi connectivity index (χ1v) is 9.29. The van der Waals surface area contributed by atoms with Crippen LogP contribution < -0.4 is 5.32 Å². The van der Waals surface area contributed by atoms with E-state index in [2.05, 4.69) is 5.32 Å². The van der Waals surface area contributed by atoms with Gasteiger partial charge in [-0.3, -0.25) is 9.59 Å². The molecule has 0 saturated carbocycles. The van der Waals surface area contributed by atoms with Crippen molar-refractivity contribution in [3.05, 3.63) is 35.1 Å². The van der Waals surface area contributed by atoms with E-state index in [0.29, 0.717) is 16.9 Å². The summed E-state index contributed by atoms with van der Waals surface area (Å²) >= 11 is 1.49. The Morgan fingerprint density at radius 1 is 1.30 bits per heavy atom. The highest BCUT2D eigenvalue weighted by molar-refractivity contribution is 7.97. The van der Waals surface area contributed by atoms with Gasteiger partial charge in [-0.2, -0.15) is 11.8 Å². The molecular weight excluding hydrogens is 315 g/mol. The molecule has 1 aromatic carbocycles. The normalized spacial score (nSPS) is 16.0. The maximum Gasteiger partial charge on any atom is 0.251 e. The lowest BCUT2D eigenvalue weighted by Gasteiger charge is -2.29. The van der Waals surface area contributed by atoms with E-state index in [1.165, 1.54) is 23.9 Å². The second-order valence-electron chi connectivity index (χ2n) is 5.82. The molecule has 126 valence electrons. The predicted molar refractivity (Wildman–Crippen MR) is 91.0 cm³/mol. The maximum atomic E-state index is 13.6. The van der Waals surface area contributed by atoms with Gasteiger partial charge >= 0.3 is 0 Å². The van der Waals surface area contributed by atoms with Crippen LogP contribution in [0.4, 0.5) is 4.39 Å². The molecule has 4 nitrogen and oxygen atoms in total. The number of thioether (sulfide) groups is 1. The zero-order valence-corrected chi connectivity index (χ0v) is 14.4. The Morgan fingerprint density at radius 2 is 2.00 bits per heavy atom. The molecule has 0 spiro atoms. The third kappa shape index (κ3) is 4.70. The van der Waals surface area contributed by atoms with Gasteiger partial charge in [0.05, 0.1) is 0 Å². The Kier molecular flexibility index (Phi) is 6.45. The molecule has 0 aromatic heterocycles. The van der Waals surface area contributed by atoms with Gasteiger partial charge in [0.2, 0.25) is 5.91 Å². The standard InChI is InChI=1S/C17H23FN2O2S/c1-12(17(22)20-8-4-3-5-9-20)19-16(21)13-6-7-15(18)14(10-13)11-23-2/h6-7,10,12H,3-5,8-9,11H2,1-2H3,(H,19,21)/t12-/m0/s1. The van der Waals surface area contributed by atoms with Crippen molar-refractivity contribution >= 4 is 23.6 Å². The number of amides is 2. The molecule has 1 fully saturated rings. The molecule has 1 atom stereocenters. The van der Waals surface area contributed by atoms with Crippen molar-refractivity contribution in [1.82, 2.24) is 10.2 Å². The number of carbonyl (C=O) groups excluding carboxylic acids is 2. The van der Waals surface area contributed by atoms with Gasteiger partial charge in [-0.25, -0.2) is 4.39 Å². The van der Waals surface area contributed by atoms with Gasteiger partial charge < -0.3 is 10.2 Å². The van der Waals surface area contributed by atoms with Crippen molar-refractivity contribution in [3.8, 4) is 0 Å². The lowest BCUT2D eigenvalue weighted by molar-refractivity contribution is -0.133. The summed E-state index contributed by atoms with van der Waals surface area (Å²) in [6.07, 6.45) is 5.06. The number of hydrogen-bond donors (Lipinski definition) is 1. The van der Waals surface area contributed by atoms with Crippen LogP contribution in [0.3, 0.4) is 0 Å². The Labute approximate surface area is 140 Å². The highest BCUT2D eigenvalue weighted by atomic mass is 32.2. The minimum Gasteiger partial charge on any atom is -0.341 e. The largest absolute Gasteiger partial charge is 0.341 e. The van der Waals surface area contributed by atoms with Crippen molar-refractivity contribution in [2.24, 2.45) is 0 Å². The quantitative estimate of drug-likeness (QED) is 0.898. The van der Waals surface area contributed by atoms with Gasteiger partial charge in [-0.15, -0.1) is 0 Å². The fraction of sp³-hybridized carbons (Fsp3) is 0.529. The Bertz CT molecular complexity index is 574. The summed E-state index contributed by atoms with van der Waals surface area (Å²) in [6, 6.07) is 3.73. The average Bonchev–Trinajstić information content (AvgIpc) is 2.57. The molecule has 0 bridgehead atoms. The fourth-order valence-corrected chi connectivity index (χ4v) is 3.24. The topological polar surface area (TPSA) is 49.4 Å². The number of carbonyl (C=O) groups is 2. The molecule has 0 unspecified atom stereocenters. The van der Waals surface area contributed by atoms with Gasteiger partial charge in [0.25, 0.3) is 5.91 Å².